The van der Waals surface area contributed by atoms with Gasteiger partial charge in [0.15, 0.2) is 17.2 Å². The third-order valence-corrected chi connectivity index (χ3v) is 4.08. The van der Waals surface area contributed by atoms with Crippen LogP contribution in [0.5, 0.6) is 5.75 Å². The standard InChI is InChI=1S/C19H14FN5O2/c1-27-14-8-2-11(3-9-14)18-23-15(17(21)26)16-19(24-18)25(10-22-16)13-6-4-12(20)5-7-13/h2-10H,1H3,(H2,21,26). The first-order valence-corrected chi connectivity index (χ1v) is 8.02. The Balaban J connectivity index is 1.93. The van der Waals surface area contributed by atoms with E-state index in [-0.39, 0.29) is 17.0 Å². The van der Waals surface area contributed by atoms with Crippen molar-refractivity contribution < 1.29 is 13.9 Å². The van der Waals surface area contributed by atoms with Gasteiger partial charge in [-0.1, -0.05) is 0 Å². The van der Waals surface area contributed by atoms with Gasteiger partial charge in [0.25, 0.3) is 5.91 Å². The number of hydrogen-bond acceptors (Lipinski definition) is 5. The molecular formula is C19H14FN5O2. The number of imidazole rings is 1. The van der Waals surface area contributed by atoms with E-state index in [0.29, 0.717) is 28.5 Å². The molecule has 2 heterocycles. The largest absolute Gasteiger partial charge is 0.497 e. The average Bonchev–Trinajstić information content (AvgIpc) is 3.11. The number of nitrogens with two attached hydrogens (primary N) is 1. The molecule has 0 aliphatic carbocycles. The van der Waals surface area contributed by atoms with E-state index >= 15 is 0 Å². The molecule has 0 aliphatic rings. The number of methoxy groups -OCH3 is 1. The minimum Gasteiger partial charge on any atom is -0.497 e. The fourth-order valence-corrected chi connectivity index (χ4v) is 2.73. The van der Waals surface area contributed by atoms with Crippen LogP contribution in [0.3, 0.4) is 0 Å². The summed E-state index contributed by atoms with van der Waals surface area (Å²) in [5.41, 5.74) is 7.53. The van der Waals surface area contributed by atoms with Gasteiger partial charge in [0.2, 0.25) is 0 Å². The number of primary amides is 1. The summed E-state index contributed by atoms with van der Waals surface area (Å²) >= 11 is 0. The lowest BCUT2D eigenvalue weighted by Gasteiger charge is -2.07. The van der Waals surface area contributed by atoms with Crippen LogP contribution >= 0.6 is 0 Å². The lowest BCUT2D eigenvalue weighted by molar-refractivity contribution is 0.0997. The van der Waals surface area contributed by atoms with Gasteiger partial charge in [0.05, 0.1) is 7.11 Å². The summed E-state index contributed by atoms with van der Waals surface area (Å²) in [6.07, 6.45) is 1.50. The van der Waals surface area contributed by atoms with Crippen molar-refractivity contribution in [2.75, 3.05) is 7.11 Å². The Morgan fingerprint density at radius 1 is 1.07 bits per heavy atom. The molecule has 0 atom stereocenters. The minimum atomic E-state index is -0.707. The van der Waals surface area contributed by atoms with Crippen molar-refractivity contribution in [2.24, 2.45) is 5.73 Å². The number of carbonyl (C=O) groups is 1. The molecule has 134 valence electrons. The zero-order valence-corrected chi connectivity index (χ0v) is 14.3. The molecule has 27 heavy (non-hydrogen) atoms. The van der Waals surface area contributed by atoms with E-state index in [1.165, 1.54) is 18.5 Å². The summed E-state index contributed by atoms with van der Waals surface area (Å²) in [6.45, 7) is 0. The van der Waals surface area contributed by atoms with Crippen molar-refractivity contribution in [3.05, 3.63) is 66.4 Å². The zero-order chi connectivity index (χ0) is 19.0. The third kappa shape index (κ3) is 2.97. The average molecular weight is 363 g/mol. The molecule has 7 nitrogen and oxygen atoms in total. The number of rotatable bonds is 4. The minimum absolute atomic E-state index is 0.0201. The molecule has 2 aromatic carbocycles. The number of nitrogens with zero attached hydrogens (tertiary/aromatic N) is 4. The summed E-state index contributed by atoms with van der Waals surface area (Å²) in [6, 6.07) is 13.0. The van der Waals surface area contributed by atoms with E-state index < -0.39 is 5.91 Å². The predicted molar refractivity (Wildman–Crippen MR) is 97.1 cm³/mol. The summed E-state index contributed by atoms with van der Waals surface area (Å²) < 4.78 is 20.0. The molecule has 2 N–H and O–H groups in total. The van der Waals surface area contributed by atoms with Crippen LogP contribution < -0.4 is 10.5 Å². The van der Waals surface area contributed by atoms with E-state index in [1.807, 2.05) is 0 Å². The first kappa shape index (κ1) is 16.6. The van der Waals surface area contributed by atoms with Crippen LogP contribution in [-0.4, -0.2) is 32.5 Å². The quantitative estimate of drug-likeness (QED) is 0.601. The van der Waals surface area contributed by atoms with Crippen molar-refractivity contribution in [3.63, 3.8) is 0 Å². The van der Waals surface area contributed by atoms with Crippen molar-refractivity contribution in [3.8, 4) is 22.8 Å². The van der Waals surface area contributed by atoms with Crippen LogP contribution in [0.25, 0.3) is 28.2 Å². The molecule has 0 bridgehead atoms. The second-order valence-corrected chi connectivity index (χ2v) is 5.75. The first-order valence-electron chi connectivity index (χ1n) is 8.02. The Morgan fingerprint density at radius 2 is 1.78 bits per heavy atom. The van der Waals surface area contributed by atoms with Crippen molar-refractivity contribution in [1.29, 1.82) is 0 Å². The van der Waals surface area contributed by atoms with E-state index in [2.05, 4.69) is 15.0 Å². The zero-order valence-electron chi connectivity index (χ0n) is 14.3. The number of hydrogen-bond donors (Lipinski definition) is 1. The van der Waals surface area contributed by atoms with Crippen LogP contribution in [0.15, 0.2) is 54.9 Å². The highest BCUT2D eigenvalue weighted by Gasteiger charge is 2.18. The van der Waals surface area contributed by atoms with Gasteiger partial charge >= 0.3 is 0 Å². The molecule has 0 unspecified atom stereocenters. The molecule has 1 amide bonds. The summed E-state index contributed by atoms with van der Waals surface area (Å²) in [7, 11) is 1.57. The lowest BCUT2D eigenvalue weighted by atomic mass is 10.2. The van der Waals surface area contributed by atoms with E-state index in [0.717, 1.165) is 0 Å². The Hall–Kier alpha value is -3.81. The van der Waals surface area contributed by atoms with Crippen LogP contribution in [0, 0.1) is 5.82 Å². The maximum atomic E-state index is 13.2. The Bertz CT molecular complexity index is 1140. The fourth-order valence-electron chi connectivity index (χ4n) is 2.73. The maximum absolute atomic E-state index is 13.2. The number of ether oxygens (including phenoxy) is 1. The van der Waals surface area contributed by atoms with Crippen LogP contribution in [0.4, 0.5) is 4.39 Å². The van der Waals surface area contributed by atoms with Gasteiger partial charge < -0.3 is 10.5 Å². The summed E-state index contributed by atoms with van der Waals surface area (Å²) in [5, 5.41) is 0. The number of amides is 1. The van der Waals surface area contributed by atoms with Gasteiger partial charge in [-0.05, 0) is 48.5 Å². The number of carbonyl (C=O) groups excluding carboxylic acids is 1. The number of aromatic nitrogens is 4. The Morgan fingerprint density at radius 3 is 2.41 bits per heavy atom. The Kier molecular flexibility index (Phi) is 4.00. The normalized spacial score (nSPS) is 10.9. The van der Waals surface area contributed by atoms with Gasteiger partial charge in [0.1, 0.15) is 23.4 Å². The second kappa shape index (κ2) is 6.49. The number of halogens is 1. The smallest absolute Gasteiger partial charge is 0.269 e. The summed E-state index contributed by atoms with van der Waals surface area (Å²) in [4.78, 5) is 25.0. The topological polar surface area (TPSA) is 95.9 Å². The molecule has 0 saturated heterocycles. The van der Waals surface area contributed by atoms with Gasteiger partial charge in [-0.25, -0.2) is 19.3 Å². The van der Waals surface area contributed by atoms with Gasteiger partial charge in [-0.15, -0.1) is 0 Å². The van der Waals surface area contributed by atoms with Gasteiger partial charge in [-0.2, -0.15) is 0 Å². The molecular weight excluding hydrogens is 349 g/mol. The van der Waals surface area contributed by atoms with Crippen LogP contribution in [-0.2, 0) is 0 Å². The number of benzene rings is 2. The van der Waals surface area contributed by atoms with E-state index in [4.69, 9.17) is 10.5 Å². The van der Waals surface area contributed by atoms with Gasteiger partial charge in [0, 0.05) is 11.3 Å². The highest BCUT2D eigenvalue weighted by molar-refractivity contribution is 6.02. The highest BCUT2D eigenvalue weighted by atomic mass is 19.1. The van der Waals surface area contributed by atoms with Crippen LogP contribution in [0.2, 0.25) is 0 Å². The molecule has 2 aromatic heterocycles. The predicted octanol–water partition coefficient (Wildman–Crippen LogP) is 2.73. The highest BCUT2D eigenvalue weighted by Crippen LogP contribution is 2.24. The monoisotopic (exact) mass is 363 g/mol. The molecule has 4 rings (SSSR count). The third-order valence-electron chi connectivity index (χ3n) is 4.08. The maximum Gasteiger partial charge on any atom is 0.269 e. The van der Waals surface area contributed by atoms with Gasteiger partial charge in [-0.3, -0.25) is 9.36 Å². The number of fused-ring (bicyclic) bond motifs is 1. The molecule has 0 aliphatic heterocycles. The summed E-state index contributed by atoms with van der Waals surface area (Å²) in [5.74, 6) is -0.0508. The molecule has 8 heteroatoms. The van der Waals surface area contributed by atoms with Crippen molar-refractivity contribution in [1.82, 2.24) is 19.5 Å². The lowest BCUT2D eigenvalue weighted by Crippen LogP contribution is -2.15. The molecule has 0 radical (unpaired) electrons. The van der Waals surface area contributed by atoms with Crippen molar-refractivity contribution >= 4 is 17.1 Å². The molecule has 0 spiro atoms. The fraction of sp³-hybridized carbons (Fsp3) is 0.0526. The van der Waals surface area contributed by atoms with E-state index in [1.54, 1.807) is 48.1 Å². The van der Waals surface area contributed by atoms with E-state index in [9.17, 15) is 9.18 Å². The SMILES string of the molecule is COc1ccc(-c2nc(C(N)=O)c3ncn(-c4ccc(F)cc4)c3n2)cc1. The Labute approximate surface area is 153 Å². The van der Waals surface area contributed by atoms with Crippen LogP contribution in [0.1, 0.15) is 10.5 Å². The molecule has 0 saturated carbocycles. The van der Waals surface area contributed by atoms with Crippen molar-refractivity contribution in [2.45, 2.75) is 0 Å². The first-order chi connectivity index (χ1) is 13.1. The second-order valence-electron chi connectivity index (χ2n) is 5.75. The molecule has 0 fully saturated rings. The molecule has 4 aromatic rings.